The molecule has 43 heavy (non-hydrogen) atoms. The first-order valence-corrected chi connectivity index (χ1v) is 15.1. The second-order valence-electron chi connectivity index (χ2n) is 13.4. The van der Waals surface area contributed by atoms with Gasteiger partial charge in [0.25, 0.3) is 0 Å². The van der Waals surface area contributed by atoms with E-state index in [1.165, 1.54) is 0 Å². The topological polar surface area (TPSA) is 82.1 Å². The number of nitrogens with zero attached hydrogens (tertiary/aromatic N) is 1. The van der Waals surface area contributed by atoms with Crippen LogP contribution in [0.5, 0.6) is 0 Å². The first-order valence-electron chi connectivity index (χ1n) is 15.1. The average Bonchev–Trinajstić information content (AvgIpc) is 3.43. The summed E-state index contributed by atoms with van der Waals surface area (Å²) in [4.78, 5) is 43.6. The highest BCUT2D eigenvalue weighted by molar-refractivity contribution is 5.88. The monoisotopic (exact) mass is 587 g/mol. The summed E-state index contributed by atoms with van der Waals surface area (Å²) in [6.45, 7) is 12.9. The largest absolute Gasteiger partial charge is 0.465 e. The predicted molar refractivity (Wildman–Crippen MR) is 168 cm³/mol. The van der Waals surface area contributed by atoms with Crippen LogP contribution in [-0.2, 0) is 28.6 Å². The number of ether oxygens (including phenoxy) is 3. The van der Waals surface area contributed by atoms with Gasteiger partial charge in [0.05, 0.1) is 18.4 Å². The first kappa shape index (κ1) is 32.2. The molecule has 2 aliphatic heterocycles. The van der Waals surface area contributed by atoms with E-state index in [2.05, 4.69) is 0 Å². The molecule has 2 saturated heterocycles. The molecule has 0 N–H and O–H groups in total. The van der Waals surface area contributed by atoms with Gasteiger partial charge >= 0.3 is 17.9 Å². The van der Waals surface area contributed by atoms with Crippen molar-refractivity contribution in [3.8, 4) is 0 Å². The lowest BCUT2D eigenvalue weighted by Crippen LogP contribution is -2.52. The standard InChI is InChI=1S/C36H45NO6/c1-8-41-33(40)36-23-27(31(38)42-34(2,3)4)29(21-19-25-15-11-9-12-16-25)37(36)30(22-20-26-17-13-10-14-18-26)28(24-36)32(39)43-35(5,6)7/h9-22,27-30H,8,23-24H2,1-7H3/b21-19+,22-20+/t27-,28-,29-,30-/m1/s1. The van der Waals surface area contributed by atoms with E-state index in [1.807, 2.05) is 131 Å². The van der Waals surface area contributed by atoms with Crippen molar-refractivity contribution < 1.29 is 28.6 Å². The van der Waals surface area contributed by atoms with E-state index in [0.717, 1.165) is 11.1 Å². The Morgan fingerprint density at radius 2 is 1.14 bits per heavy atom. The molecule has 0 aromatic heterocycles. The number of hydrogen-bond acceptors (Lipinski definition) is 7. The molecule has 4 rings (SSSR count). The Balaban J connectivity index is 1.88. The van der Waals surface area contributed by atoms with E-state index in [-0.39, 0.29) is 31.4 Å². The van der Waals surface area contributed by atoms with E-state index in [0.29, 0.717) is 0 Å². The molecular formula is C36H45NO6. The number of carbonyl (C=O) groups is 3. The highest BCUT2D eigenvalue weighted by Crippen LogP contribution is 2.53. The predicted octanol–water partition coefficient (Wildman–Crippen LogP) is 6.48. The molecule has 4 atom stereocenters. The summed E-state index contributed by atoms with van der Waals surface area (Å²) >= 11 is 0. The van der Waals surface area contributed by atoms with Gasteiger partial charge in [-0.1, -0.05) is 85.0 Å². The fourth-order valence-corrected chi connectivity index (χ4v) is 6.16. The van der Waals surface area contributed by atoms with Gasteiger partial charge in [-0.05, 0) is 72.4 Å². The minimum atomic E-state index is -1.23. The molecule has 0 aliphatic carbocycles. The molecule has 7 heteroatoms. The number of esters is 3. The molecular weight excluding hydrogens is 542 g/mol. The molecule has 0 amide bonds. The maximum Gasteiger partial charge on any atom is 0.326 e. The maximum absolute atomic E-state index is 14.0. The average molecular weight is 588 g/mol. The third kappa shape index (κ3) is 7.63. The van der Waals surface area contributed by atoms with Crippen molar-refractivity contribution in [2.75, 3.05) is 6.61 Å². The lowest BCUT2D eigenvalue weighted by Gasteiger charge is -2.35. The zero-order chi connectivity index (χ0) is 31.4. The van der Waals surface area contributed by atoms with E-state index >= 15 is 0 Å². The summed E-state index contributed by atoms with van der Waals surface area (Å²) in [6, 6.07) is 18.5. The Morgan fingerprint density at radius 3 is 1.49 bits per heavy atom. The number of fused-ring (bicyclic) bond motifs is 1. The Labute approximate surface area is 255 Å². The summed E-state index contributed by atoms with van der Waals surface area (Å²) in [7, 11) is 0. The Hall–Kier alpha value is -3.71. The molecule has 2 aromatic carbocycles. The third-order valence-electron chi connectivity index (χ3n) is 7.72. The summed E-state index contributed by atoms with van der Waals surface area (Å²) in [5.41, 5.74) is -0.728. The Morgan fingerprint density at radius 1 is 0.744 bits per heavy atom. The van der Waals surface area contributed by atoms with Gasteiger partial charge in [0.2, 0.25) is 0 Å². The molecule has 230 valence electrons. The SMILES string of the molecule is CCOC(=O)C12C[C@@H](C(=O)OC(C)(C)C)[C@@H](/C=C/c3ccccc3)N1[C@H](/C=C/c1ccccc1)[C@H](C(=O)OC(C)(C)C)C2. The van der Waals surface area contributed by atoms with Crippen LogP contribution >= 0.6 is 0 Å². The lowest BCUT2D eigenvalue weighted by atomic mass is 9.84. The summed E-state index contributed by atoms with van der Waals surface area (Å²) in [5.74, 6) is -2.52. The summed E-state index contributed by atoms with van der Waals surface area (Å²) in [5, 5.41) is 0. The number of benzene rings is 2. The molecule has 7 nitrogen and oxygen atoms in total. The number of hydrogen-bond donors (Lipinski definition) is 0. The van der Waals surface area contributed by atoms with Gasteiger partial charge in [0.1, 0.15) is 16.7 Å². The Kier molecular flexibility index (Phi) is 9.65. The second kappa shape index (κ2) is 12.9. The fraction of sp³-hybridized carbons (Fsp3) is 0.472. The minimum Gasteiger partial charge on any atom is -0.465 e. The molecule has 0 bridgehead atoms. The van der Waals surface area contributed by atoms with Crippen LogP contribution in [0.25, 0.3) is 12.2 Å². The zero-order valence-corrected chi connectivity index (χ0v) is 26.4. The van der Waals surface area contributed by atoms with Crippen LogP contribution in [0.15, 0.2) is 72.8 Å². The van der Waals surface area contributed by atoms with Gasteiger partial charge < -0.3 is 14.2 Å². The smallest absolute Gasteiger partial charge is 0.326 e. The van der Waals surface area contributed by atoms with Gasteiger partial charge in [0, 0.05) is 12.1 Å². The molecule has 0 saturated carbocycles. The quantitative estimate of drug-likeness (QED) is 0.258. The van der Waals surface area contributed by atoms with Gasteiger partial charge in [-0.25, -0.2) is 0 Å². The summed E-state index contributed by atoms with van der Waals surface area (Å²) in [6.07, 6.45) is 8.18. The first-order chi connectivity index (χ1) is 20.2. The number of carbonyl (C=O) groups excluding carboxylic acids is 3. The second-order valence-corrected chi connectivity index (χ2v) is 13.4. The maximum atomic E-state index is 14.0. The summed E-state index contributed by atoms with van der Waals surface area (Å²) < 4.78 is 17.5. The highest BCUT2D eigenvalue weighted by Gasteiger charge is 2.67. The zero-order valence-electron chi connectivity index (χ0n) is 26.4. The van der Waals surface area contributed by atoms with Crippen LogP contribution in [0.2, 0.25) is 0 Å². The van der Waals surface area contributed by atoms with E-state index in [1.54, 1.807) is 6.92 Å². The van der Waals surface area contributed by atoms with Crippen molar-refractivity contribution >= 4 is 30.1 Å². The van der Waals surface area contributed by atoms with Crippen molar-refractivity contribution in [2.45, 2.75) is 90.1 Å². The van der Waals surface area contributed by atoms with E-state index < -0.39 is 46.6 Å². The fourth-order valence-electron chi connectivity index (χ4n) is 6.16. The van der Waals surface area contributed by atoms with Gasteiger partial charge in [-0.15, -0.1) is 0 Å². The normalized spacial score (nSPS) is 23.8. The van der Waals surface area contributed by atoms with Crippen molar-refractivity contribution in [3.05, 3.63) is 83.9 Å². The Bertz CT molecular complexity index is 1240. The molecule has 2 heterocycles. The molecule has 0 radical (unpaired) electrons. The van der Waals surface area contributed by atoms with Crippen LogP contribution in [0, 0.1) is 11.8 Å². The molecule has 2 aromatic rings. The van der Waals surface area contributed by atoms with Crippen LogP contribution in [0.3, 0.4) is 0 Å². The van der Waals surface area contributed by atoms with Crippen LogP contribution in [0.1, 0.15) is 72.4 Å². The molecule has 0 unspecified atom stereocenters. The lowest BCUT2D eigenvalue weighted by molar-refractivity contribution is -0.161. The van der Waals surface area contributed by atoms with Crippen LogP contribution < -0.4 is 0 Å². The molecule has 0 spiro atoms. The minimum absolute atomic E-state index is 0.166. The van der Waals surface area contributed by atoms with Crippen molar-refractivity contribution in [1.82, 2.24) is 4.90 Å². The number of rotatable bonds is 8. The van der Waals surface area contributed by atoms with Crippen LogP contribution in [-0.4, -0.2) is 58.2 Å². The van der Waals surface area contributed by atoms with E-state index in [9.17, 15) is 14.4 Å². The van der Waals surface area contributed by atoms with Gasteiger partial charge in [0.15, 0.2) is 0 Å². The highest BCUT2D eigenvalue weighted by atomic mass is 16.6. The van der Waals surface area contributed by atoms with Gasteiger partial charge in [-0.2, -0.15) is 0 Å². The van der Waals surface area contributed by atoms with Crippen molar-refractivity contribution in [2.24, 2.45) is 11.8 Å². The van der Waals surface area contributed by atoms with Crippen molar-refractivity contribution in [1.29, 1.82) is 0 Å². The molecule has 2 aliphatic rings. The van der Waals surface area contributed by atoms with E-state index in [4.69, 9.17) is 14.2 Å². The third-order valence-corrected chi connectivity index (χ3v) is 7.72. The van der Waals surface area contributed by atoms with Gasteiger partial charge in [-0.3, -0.25) is 19.3 Å². The van der Waals surface area contributed by atoms with Crippen LogP contribution in [0.4, 0.5) is 0 Å². The van der Waals surface area contributed by atoms with Crippen molar-refractivity contribution in [3.63, 3.8) is 0 Å². The molecule has 2 fully saturated rings.